The number of benzene rings is 1. The summed E-state index contributed by atoms with van der Waals surface area (Å²) in [7, 11) is 0. The van der Waals surface area contributed by atoms with Crippen molar-refractivity contribution in [3.05, 3.63) is 41.3 Å². The second-order valence-corrected chi connectivity index (χ2v) is 7.10. The predicted molar refractivity (Wildman–Crippen MR) is 103 cm³/mol. The molecule has 3 rings (SSSR count). The molecule has 27 heavy (non-hydrogen) atoms. The molecule has 1 N–H and O–H groups in total. The Morgan fingerprint density at radius 1 is 1.15 bits per heavy atom. The van der Waals surface area contributed by atoms with Gasteiger partial charge in [0.25, 0.3) is 5.91 Å². The zero-order valence-electron chi connectivity index (χ0n) is 15.0. The highest BCUT2D eigenvalue weighted by Gasteiger charge is 2.27. The number of nitrogens with one attached hydrogen (secondary N) is 1. The Labute approximate surface area is 161 Å². The van der Waals surface area contributed by atoms with Crippen molar-refractivity contribution in [3.8, 4) is 11.1 Å². The average molecular weight is 387 g/mol. The van der Waals surface area contributed by atoms with E-state index in [2.05, 4.69) is 5.32 Å². The molecular formula is C20H21NO5S. The van der Waals surface area contributed by atoms with Crippen molar-refractivity contribution in [2.45, 2.75) is 26.2 Å². The Bertz CT molecular complexity index is 826. The molecule has 0 bridgehead atoms. The molecule has 2 aromatic rings. The number of esters is 2. The van der Waals surface area contributed by atoms with Gasteiger partial charge in [-0.25, -0.2) is 4.79 Å². The van der Waals surface area contributed by atoms with Crippen molar-refractivity contribution >= 4 is 34.2 Å². The largest absolute Gasteiger partial charge is 0.462 e. The van der Waals surface area contributed by atoms with Crippen molar-refractivity contribution in [1.29, 1.82) is 0 Å². The minimum atomic E-state index is -0.501. The molecule has 1 fully saturated rings. The van der Waals surface area contributed by atoms with E-state index in [0.29, 0.717) is 16.1 Å². The molecule has 1 aromatic heterocycles. The molecule has 1 aliphatic carbocycles. The number of amides is 1. The van der Waals surface area contributed by atoms with Gasteiger partial charge >= 0.3 is 11.9 Å². The van der Waals surface area contributed by atoms with Crippen LogP contribution in [0.25, 0.3) is 11.1 Å². The van der Waals surface area contributed by atoms with Gasteiger partial charge in [-0.3, -0.25) is 9.59 Å². The van der Waals surface area contributed by atoms with Gasteiger partial charge in [0, 0.05) is 10.9 Å². The highest BCUT2D eigenvalue weighted by Crippen LogP contribution is 2.36. The van der Waals surface area contributed by atoms with Crippen LogP contribution in [0.2, 0.25) is 0 Å². The number of carbonyl (C=O) groups excluding carboxylic acids is 3. The van der Waals surface area contributed by atoms with Crippen LogP contribution in [0.15, 0.2) is 35.7 Å². The first-order chi connectivity index (χ1) is 13.1. The molecule has 1 amide bonds. The molecule has 7 heteroatoms. The monoisotopic (exact) mass is 387 g/mol. The van der Waals surface area contributed by atoms with Crippen molar-refractivity contribution in [2.24, 2.45) is 5.92 Å². The lowest BCUT2D eigenvalue weighted by Crippen LogP contribution is -2.28. The van der Waals surface area contributed by atoms with Gasteiger partial charge in [0.1, 0.15) is 10.6 Å². The van der Waals surface area contributed by atoms with Crippen molar-refractivity contribution < 1.29 is 23.9 Å². The minimum Gasteiger partial charge on any atom is -0.462 e. The maximum Gasteiger partial charge on any atom is 0.341 e. The molecule has 0 atom stereocenters. The zero-order valence-corrected chi connectivity index (χ0v) is 15.8. The standard InChI is InChI=1S/C20H21NO5S/c1-2-25-20(24)17-15(13-7-4-3-5-8-13)12-27-18(17)21-16(22)11-26-19(23)14-9-6-10-14/h3-5,7-8,12,14H,2,6,9-11H2,1H3,(H,21,22). The molecule has 142 valence electrons. The third-order valence-corrected chi connectivity index (χ3v) is 5.29. The third kappa shape index (κ3) is 4.54. The summed E-state index contributed by atoms with van der Waals surface area (Å²) < 4.78 is 10.2. The fourth-order valence-electron chi connectivity index (χ4n) is 2.75. The van der Waals surface area contributed by atoms with Crippen molar-refractivity contribution in [1.82, 2.24) is 0 Å². The molecule has 6 nitrogen and oxygen atoms in total. The van der Waals surface area contributed by atoms with E-state index in [9.17, 15) is 14.4 Å². The fourth-order valence-corrected chi connectivity index (χ4v) is 3.72. The maximum atomic E-state index is 12.5. The van der Waals surface area contributed by atoms with Gasteiger partial charge in [-0.2, -0.15) is 0 Å². The van der Waals surface area contributed by atoms with Crippen LogP contribution in [-0.4, -0.2) is 31.1 Å². The lowest BCUT2D eigenvalue weighted by atomic mass is 9.86. The summed E-state index contributed by atoms with van der Waals surface area (Å²) in [6, 6.07) is 9.41. The van der Waals surface area contributed by atoms with Crippen LogP contribution in [0.3, 0.4) is 0 Å². The lowest BCUT2D eigenvalue weighted by Gasteiger charge is -2.22. The molecule has 0 spiro atoms. The number of thiophene rings is 1. The Hall–Kier alpha value is -2.67. The summed E-state index contributed by atoms with van der Waals surface area (Å²) in [5, 5.41) is 4.86. The normalized spacial score (nSPS) is 13.5. The summed E-state index contributed by atoms with van der Waals surface area (Å²) >= 11 is 1.24. The third-order valence-electron chi connectivity index (χ3n) is 4.39. The summed E-state index contributed by atoms with van der Waals surface area (Å²) in [6.07, 6.45) is 2.66. The second kappa shape index (κ2) is 8.81. The van der Waals surface area contributed by atoms with Gasteiger partial charge in [0.05, 0.1) is 12.5 Å². The van der Waals surface area contributed by atoms with Gasteiger partial charge in [-0.15, -0.1) is 11.3 Å². The van der Waals surface area contributed by atoms with E-state index in [0.717, 1.165) is 24.8 Å². The number of carbonyl (C=O) groups is 3. The maximum absolute atomic E-state index is 12.5. The first-order valence-electron chi connectivity index (χ1n) is 8.90. The van der Waals surface area contributed by atoms with E-state index in [-0.39, 0.29) is 25.1 Å². The Morgan fingerprint density at radius 2 is 1.89 bits per heavy atom. The minimum absolute atomic E-state index is 0.0840. The molecule has 0 radical (unpaired) electrons. The summed E-state index contributed by atoms with van der Waals surface area (Å²) in [5.74, 6) is -1.40. The van der Waals surface area contributed by atoms with Crippen LogP contribution < -0.4 is 5.32 Å². The number of ether oxygens (including phenoxy) is 2. The molecule has 1 saturated carbocycles. The van der Waals surface area contributed by atoms with Gasteiger partial charge < -0.3 is 14.8 Å². The van der Waals surface area contributed by atoms with Crippen LogP contribution in [0.5, 0.6) is 0 Å². The SMILES string of the molecule is CCOC(=O)c1c(-c2ccccc2)csc1NC(=O)COC(=O)C1CCC1. The zero-order chi connectivity index (χ0) is 19.2. The van der Waals surface area contributed by atoms with Crippen molar-refractivity contribution in [2.75, 3.05) is 18.5 Å². The van der Waals surface area contributed by atoms with E-state index in [4.69, 9.17) is 9.47 Å². The van der Waals surface area contributed by atoms with Gasteiger partial charge in [-0.05, 0) is 25.3 Å². The molecule has 1 aromatic carbocycles. The van der Waals surface area contributed by atoms with Crippen LogP contribution in [0, 0.1) is 5.92 Å². The number of hydrogen-bond acceptors (Lipinski definition) is 6. The van der Waals surface area contributed by atoms with Crippen molar-refractivity contribution in [3.63, 3.8) is 0 Å². The first-order valence-corrected chi connectivity index (χ1v) is 9.78. The predicted octanol–water partition coefficient (Wildman–Crippen LogP) is 3.87. The summed E-state index contributed by atoms with van der Waals surface area (Å²) in [6.45, 7) is 1.59. The highest BCUT2D eigenvalue weighted by atomic mass is 32.1. The van der Waals surface area contributed by atoms with Gasteiger partial charge in [0.2, 0.25) is 0 Å². The topological polar surface area (TPSA) is 81.7 Å². The summed E-state index contributed by atoms with van der Waals surface area (Å²) in [5.41, 5.74) is 1.86. The average Bonchev–Trinajstić information content (AvgIpc) is 3.03. The Balaban J connectivity index is 1.74. The molecule has 1 aliphatic rings. The number of hydrogen-bond donors (Lipinski definition) is 1. The van der Waals surface area contributed by atoms with E-state index in [1.165, 1.54) is 11.3 Å². The van der Waals surface area contributed by atoms with E-state index < -0.39 is 11.9 Å². The molecule has 1 heterocycles. The van der Waals surface area contributed by atoms with Crippen LogP contribution in [0.4, 0.5) is 5.00 Å². The first kappa shape index (κ1) is 19.1. The Morgan fingerprint density at radius 3 is 2.52 bits per heavy atom. The highest BCUT2D eigenvalue weighted by molar-refractivity contribution is 7.15. The van der Waals surface area contributed by atoms with E-state index >= 15 is 0 Å². The lowest BCUT2D eigenvalue weighted by molar-refractivity contribution is -0.154. The molecule has 0 aliphatic heterocycles. The van der Waals surface area contributed by atoms with E-state index in [1.807, 2.05) is 30.3 Å². The van der Waals surface area contributed by atoms with E-state index in [1.54, 1.807) is 12.3 Å². The van der Waals surface area contributed by atoms with Crippen LogP contribution in [0.1, 0.15) is 36.5 Å². The van der Waals surface area contributed by atoms with Crippen LogP contribution >= 0.6 is 11.3 Å². The quantitative estimate of drug-likeness (QED) is 0.729. The second-order valence-electron chi connectivity index (χ2n) is 6.22. The fraction of sp³-hybridized carbons (Fsp3) is 0.350. The van der Waals surface area contributed by atoms with Gasteiger partial charge in [-0.1, -0.05) is 36.8 Å². The van der Waals surface area contributed by atoms with Gasteiger partial charge in [0.15, 0.2) is 6.61 Å². The number of rotatable bonds is 7. The van der Waals surface area contributed by atoms with Crippen LogP contribution in [-0.2, 0) is 19.1 Å². The molecule has 0 unspecified atom stereocenters. The summed E-state index contributed by atoms with van der Waals surface area (Å²) in [4.78, 5) is 36.4. The molecular weight excluding hydrogens is 366 g/mol. The Kier molecular flexibility index (Phi) is 6.24. The molecule has 0 saturated heterocycles. The number of anilines is 1. The smallest absolute Gasteiger partial charge is 0.341 e.